The Kier molecular flexibility index (Phi) is 7.03. The van der Waals surface area contributed by atoms with Crippen molar-refractivity contribution in [2.45, 2.75) is 51.9 Å². The van der Waals surface area contributed by atoms with Gasteiger partial charge in [0, 0.05) is 6.61 Å². The van der Waals surface area contributed by atoms with Crippen molar-refractivity contribution < 1.29 is 5.11 Å². The largest absolute Gasteiger partial charge is 0.396 e. The minimum Gasteiger partial charge on any atom is -0.396 e. The Hall–Kier alpha value is -0.0800. The van der Waals surface area contributed by atoms with E-state index in [-0.39, 0.29) is 0 Å². The second kappa shape index (κ2) is 8.12. The van der Waals surface area contributed by atoms with E-state index in [9.17, 15) is 0 Å². The monoisotopic (exact) mass is 213 g/mol. The summed E-state index contributed by atoms with van der Waals surface area (Å²) >= 11 is 0. The van der Waals surface area contributed by atoms with Crippen LogP contribution in [-0.4, -0.2) is 36.2 Å². The summed E-state index contributed by atoms with van der Waals surface area (Å²) in [6.45, 7) is 6.59. The first-order chi connectivity index (χ1) is 7.36. The van der Waals surface area contributed by atoms with Crippen LogP contribution in [0.4, 0.5) is 0 Å². The lowest BCUT2D eigenvalue weighted by Crippen LogP contribution is -2.34. The Morgan fingerprint density at radius 3 is 2.33 bits per heavy atom. The highest BCUT2D eigenvalue weighted by Crippen LogP contribution is 2.20. The Bertz CT molecular complexity index is 141. The van der Waals surface area contributed by atoms with Crippen LogP contribution in [0.3, 0.4) is 0 Å². The summed E-state index contributed by atoms with van der Waals surface area (Å²) in [7, 11) is 0. The number of aliphatic hydroxyl groups excluding tert-OH is 1. The van der Waals surface area contributed by atoms with Gasteiger partial charge in [-0.15, -0.1) is 0 Å². The number of piperidine rings is 1. The number of rotatable bonds is 7. The molecule has 2 nitrogen and oxygen atoms in total. The maximum Gasteiger partial charge on any atom is 0.0431 e. The fourth-order valence-corrected chi connectivity index (χ4v) is 2.42. The third-order valence-corrected chi connectivity index (χ3v) is 3.67. The normalized spacial score (nSPS) is 19.6. The number of likely N-dealkylation sites (tertiary alicyclic amines) is 1. The van der Waals surface area contributed by atoms with Crippen LogP contribution in [0, 0.1) is 5.92 Å². The van der Waals surface area contributed by atoms with Crippen molar-refractivity contribution in [1.29, 1.82) is 0 Å². The molecular formula is C13H27NO. The lowest BCUT2D eigenvalue weighted by Gasteiger charge is -2.31. The summed E-state index contributed by atoms with van der Waals surface area (Å²) in [6.07, 6.45) is 8.97. The zero-order valence-electron chi connectivity index (χ0n) is 10.2. The van der Waals surface area contributed by atoms with Gasteiger partial charge in [0.2, 0.25) is 0 Å². The lowest BCUT2D eigenvalue weighted by molar-refractivity contribution is 0.178. The summed E-state index contributed by atoms with van der Waals surface area (Å²) in [6, 6.07) is 0. The molecule has 1 aliphatic heterocycles. The van der Waals surface area contributed by atoms with Gasteiger partial charge in [-0.2, -0.15) is 0 Å². The van der Waals surface area contributed by atoms with Crippen molar-refractivity contribution in [3.63, 3.8) is 0 Å². The van der Waals surface area contributed by atoms with Gasteiger partial charge in [0.25, 0.3) is 0 Å². The molecule has 1 rings (SSSR count). The third-order valence-electron chi connectivity index (χ3n) is 3.67. The van der Waals surface area contributed by atoms with Gasteiger partial charge in [-0.25, -0.2) is 0 Å². The molecule has 1 N–H and O–H groups in total. The molecule has 90 valence electrons. The fraction of sp³-hybridized carbons (Fsp3) is 1.00. The van der Waals surface area contributed by atoms with E-state index in [2.05, 4.69) is 11.8 Å². The first-order valence-corrected chi connectivity index (χ1v) is 6.70. The molecule has 0 aromatic heterocycles. The quantitative estimate of drug-likeness (QED) is 0.657. The molecule has 0 amide bonds. The standard InChI is InChI=1S/C13H27NO/c1-2-13-7-10-14(11-8-13)9-5-3-4-6-12-15/h13,15H,2-12H2,1H3. The van der Waals surface area contributed by atoms with E-state index < -0.39 is 0 Å². The molecule has 0 bridgehead atoms. The van der Waals surface area contributed by atoms with Crippen LogP contribution in [0.15, 0.2) is 0 Å². The summed E-state index contributed by atoms with van der Waals surface area (Å²) in [5, 5.41) is 8.66. The van der Waals surface area contributed by atoms with Crippen molar-refractivity contribution in [3.05, 3.63) is 0 Å². The number of hydrogen-bond donors (Lipinski definition) is 1. The molecule has 0 aliphatic carbocycles. The lowest BCUT2D eigenvalue weighted by atomic mass is 9.94. The first-order valence-electron chi connectivity index (χ1n) is 6.70. The molecule has 0 unspecified atom stereocenters. The molecule has 2 heteroatoms. The second-order valence-corrected chi connectivity index (χ2v) is 4.83. The zero-order valence-corrected chi connectivity index (χ0v) is 10.2. The molecule has 0 aromatic carbocycles. The van der Waals surface area contributed by atoms with Crippen molar-refractivity contribution in [1.82, 2.24) is 4.90 Å². The molecule has 1 heterocycles. The molecule has 1 fully saturated rings. The molecule has 0 aromatic rings. The highest BCUT2D eigenvalue weighted by molar-refractivity contribution is 4.71. The van der Waals surface area contributed by atoms with Crippen LogP contribution >= 0.6 is 0 Å². The highest BCUT2D eigenvalue weighted by atomic mass is 16.2. The van der Waals surface area contributed by atoms with Crippen molar-refractivity contribution >= 4 is 0 Å². The van der Waals surface area contributed by atoms with Crippen molar-refractivity contribution in [3.8, 4) is 0 Å². The van der Waals surface area contributed by atoms with Gasteiger partial charge in [-0.1, -0.05) is 26.2 Å². The summed E-state index contributed by atoms with van der Waals surface area (Å²) < 4.78 is 0. The first kappa shape index (κ1) is 13.0. The van der Waals surface area contributed by atoms with E-state index in [1.165, 1.54) is 58.2 Å². The number of aliphatic hydroxyl groups is 1. The van der Waals surface area contributed by atoms with Gasteiger partial charge in [-0.3, -0.25) is 0 Å². The van der Waals surface area contributed by atoms with Gasteiger partial charge in [0.05, 0.1) is 0 Å². The van der Waals surface area contributed by atoms with E-state index in [0.717, 1.165) is 12.3 Å². The van der Waals surface area contributed by atoms with Crippen LogP contribution in [-0.2, 0) is 0 Å². The predicted molar refractivity (Wildman–Crippen MR) is 65.0 cm³/mol. The van der Waals surface area contributed by atoms with E-state index in [1.807, 2.05) is 0 Å². The molecule has 1 aliphatic rings. The smallest absolute Gasteiger partial charge is 0.0431 e. The minimum absolute atomic E-state index is 0.363. The Morgan fingerprint density at radius 2 is 1.73 bits per heavy atom. The Morgan fingerprint density at radius 1 is 1.07 bits per heavy atom. The summed E-state index contributed by atoms with van der Waals surface area (Å²) in [5.41, 5.74) is 0. The average Bonchev–Trinajstić information content (AvgIpc) is 2.30. The van der Waals surface area contributed by atoms with Gasteiger partial charge in [0.1, 0.15) is 0 Å². The zero-order chi connectivity index (χ0) is 10.9. The van der Waals surface area contributed by atoms with Crippen molar-refractivity contribution in [2.75, 3.05) is 26.2 Å². The van der Waals surface area contributed by atoms with E-state index in [0.29, 0.717) is 6.61 Å². The van der Waals surface area contributed by atoms with E-state index >= 15 is 0 Å². The van der Waals surface area contributed by atoms with Crippen LogP contribution < -0.4 is 0 Å². The molecule has 15 heavy (non-hydrogen) atoms. The predicted octanol–water partition coefficient (Wildman–Crippen LogP) is 2.66. The van der Waals surface area contributed by atoms with Gasteiger partial charge >= 0.3 is 0 Å². The number of unbranched alkanes of at least 4 members (excludes halogenated alkanes) is 3. The summed E-state index contributed by atoms with van der Waals surface area (Å²) in [4.78, 5) is 2.62. The van der Waals surface area contributed by atoms with Crippen molar-refractivity contribution in [2.24, 2.45) is 5.92 Å². The van der Waals surface area contributed by atoms with E-state index in [1.54, 1.807) is 0 Å². The minimum atomic E-state index is 0.363. The average molecular weight is 213 g/mol. The molecule has 1 saturated heterocycles. The summed E-state index contributed by atoms with van der Waals surface area (Å²) in [5.74, 6) is 0.996. The van der Waals surface area contributed by atoms with Gasteiger partial charge in [0.15, 0.2) is 0 Å². The molecule has 0 atom stereocenters. The topological polar surface area (TPSA) is 23.5 Å². The van der Waals surface area contributed by atoms with E-state index in [4.69, 9.17) is 5.11 Å². The molecule has 0 saturated carbocycles. The number of nitrogens with zero attached hydrogens (tertiary/aromatic N) is 1. The fourth-order valence-electron chi connectivity index (χ4n) is 2.42. The van der Waals surface area contributed by atoms with Crippen LogP contribution in [0.25, 0.3) is 0 Å². The van der Waals surface area contributed by atoms with Crippen LogP contribution in [0.5, 0.6) is 0 Å². The second-order valence-electron chi connectivity index (χ2n) is 4.83. The van der Waals surface area contributed by atoms with Gasteiger partial charge in [-0.05, 0) is 51.2 Å². The molecule has 0 radical (unpaired) electrons. The molecule has 0 spiro atoms. The number of hydrogen-bond acceptors (Lipinski definition) is 2. The Balaban J connectivity index is 1.94. The SMILES string of the molecule is CCC1CCN(CCCCCCO)CC1. The van der Waals surface area contributed by atoms with Crippen LogP contribution in [0.2, 0.25) is 0 Å². The Labute approximate surface area is 94.7 Å². The maximum atomic E-state index is 8.66. The third kappa shape index (κ3) is 5.53. The molecular weight excluding hydrogens is 186 g/mol. The maximum absolute atomic E-state index is 8.66. The van der Waals surface area contributed by atoms with Crippen LogP contribution in [0.1, 0.15) is 51.9 Å². The van der Waals surface area contributed by atoms with Gasteiger partial charge < -0.3 is 10.0 Å². The highest BCUT2D eigenvalue weighted by Gasteiger charge is 2.16.